The van der Waals surface area contributed by atoms with Crippen molar-refractivity contribution in [1.82, 2.24) is 36.4 Å². The molecular formula is C31H51N7O7. The molecule has 3 aliphatic rings. The summed E-state index contributed by atoms with van der Waals surface area (Å²) in [5.74, 6) is -4.08. The molecule has 0 aromatic carbocycles. The van der Waals surface area contributed by atoms with Crippen molar-refractivity contribution in [3.8, 4) is 0 Å². The third-order valence-electron chi connectivity index (χ3n) is 8.93. The Hall–Kier alpha value is -3.71. The van der Waals surface area contributed by atoms with Gasteiger partial charge in [0.1, 0.15) is 30.2 Å². The molecule has 0 bridgehead atoms. The van der Waals surface area contributed by atoms with E-state index in [0.717, 1.165) is 0 Å². The van der Waals surface area contributed by atoms with Crippen molar-refractivity contribution in [1.29, 1.82) is 0 Å². The van der Waals surface area contributed by atoms with E-state index < -0.39 is 78.1 Å². The van der Waals surface area contributed by atoms with E-state index in [1.54, 1.807) is 13.8 Å². The summed E-state index contributed by atoms with van der Waals surface area (Å²) in [6.45, 7) is 11.0. The van der Waals surface area contributed by atoms with Gasteiger partial charge in [-0.25, -0.2) is 0 Å². The summed E-state index contributed by atoms with van der Waals surface area (Å²) in [6, 6.07) is -4.51. The molecule has 3 rings (SSSR count). The number of amides is 7. The minimum atomic E-state index is -0.965. The summed E-state index contributed by atoms with van der Waals surface area (Å²) >= 11 is 0. The molecule has 3 aliphatic heterocycles. The highest BCUT2D eigenvalue weighted by Crippen LogP contribution is 2.22. The standard InChI is InChI=1S/C31H51N7O7/c1-7-19(6)26-30(44)33-16-24(40)37-12-8-10-21(37)28(42)32-15-23(39)34-20(14-17(2)3)27(41)35-25(18(4)5)31(45)38-13-9-11-22(38)29(43)36-26/h17-22,25-26H,7-16H2,1-6H3,(H,32,42)(H,33,44)(H,34,39)(H,35,41)(H,36,43). The summed E-state index contributed by atoms with van der Waals surface area (Å²) in [6.07, 6.45) is 2.82. The smallest absolute Gasteiger partial charge is 0.246 e. The maximum atomic E-state index is 13.8. The molecule has 0 aliphatic carbocycles. The Balaban J connectivity index is 1.94. The Kier molecular flexibility index (Phi) is 12.7. The third-order valence-corrected chi connectivity index (χ3v) is 8.93. The van der Waals surface area contributed by atoms with Crippen molar-refractivity contribution in [2.24, 2.45) is 17.8 Å². The average Bonchev–Trinajstić information content (AvgIpc) is 3.68. The fourth-order valence-electron chi connectivity index (χ4n) is 6.15. The van der Waals surface area contributed by atoms with Crippen LogP contribution in [0, 0.1) is 17.8 Å². The van der Waals surface area contributed by atoms with E-state index in [0.29, 0.717) is 51.6 Å². The monoisotopic (exact) mass is 633 g/mol. The highest BCUT2D eigenvalue weighted by atomic mass is 16.2. The summed E-state index contributed by atoms with van der Waals surface area (Å²) in [4.78, 5) is 96.1. The molecule has 3 heterocycles. The van der Waals surface area contributed by atoms with E-state index in [4.69, 9.17) is 0 Å². The van der Waals surface area contributed by atoms with Crippen LogP contribution in [0.25, 0.3) is 0 Å². The average molecular weight is 634 g/mol. The van der Waals surface area contributed by atoms with Crippen LogP contribution >= 0.6 is 0 Å². The molecule has 3 fully saturated rings. The zero-order valence-electron chi connectivity index (χ0n) is 27.4. The second kappa shape index (κ2) is 16.0. The van der Waals surface area contributed by atoms with Crippen LogP contribution < -0.4 is 26.6 Å². The number of hydrogen-bond donors (Lipinski definition) is 5. The van der Waals surface area contributed by atoms with Gasteiger partial charge in [-0.3, -0.25) is 33.6 Å². The van der Waals surface area contributed by atoms with Gasteiger partial charge in [0.15, 0.2) is 0 Å². The van der Waals surface area contributed by atoms with Gasteiger partial charge in [0, 0.05) is 13.1 Å². The number of fused-ring (bicyclic) bond motifs is 2. The van der Waals surface area contributed by atoms with Crippen LogP contribution in [0.15, 0.2) is 0 Å². The lowest BCUT2D eigenvalue weighted by atomic mass is 9.97. The lowest BCUT2D eigenvalue weighted by molar-refractivity contribution is -0.143. The summed E-state index contributed by atoms with van der Waals surface area (Å²) in [5, 5.41) is 13.5. The molecule has 7 amide bonds. The maximum Gasteiger partial charge on any atom is 0.246 e. The van der Waals surface area contributed by atoms with Gasteiger partial charge < -0.3 is 36.4 Å². The van der Waals surface area contributed by atoms with Crippen LogP contribution in [0.4, 0.5) is 0 Å². The SMILES string of the molecule is CCC(C)C1NC(=O)C2CCCN2C(=O)C(C(C)C)NC(=O)C(CC(C)C)NC(=O)CNC(=O)C2CCCN2C(=O)CNC1=O. The highest BCUT2D eigenvalue weighted by molar-refractivity contribution is 5.97. The van der Waals surface area contributed by atoms with Crippen LogP contribution in [0.2, 0.25) is 0 Å². The molecule has 0 saturated carbocycles. The molecule has 5 N–H and O–H groups in total. The summed E-state index contributed by atoms with van der Waals surface area (Å²) in [5.41, 5.74) is 0. The first-order valence-electron chi connectivity index (χ1n) is 16.3. The van der Waals surface area contributed by atoms with Crippen molar-refractivity contribution in [3.63, 3.8) is 0 Å². The van der Waals surface area contributed by atoms with E-state index >= 15 is 0 Å². The first-order chi connectivity index (χ1) is 21.2. The Morgan fingerprint density at radius 1 is 0.689 bits per heavy atom. The molecule has 14 heteroatoms. The first kappa shape index (κ1) is 35.8. The lowest BCUT2D eigenvalue weighted by Gasteiger charge is -2.33. The van der Waals surface area contributed by atoms with E-state index in [-0.39, 0.29) is 24.3 Å². The quantitative estimate of drug-likeness (QED) is 0.268. The number of nitrogens with zero attached hydrogens (tertiary/aromatic N) is 2. The topological polar surface area (TPSA) is 186 Å². The normalized spacial score (nSPS) is 28.9. The Morgan fingerprint density at radius 2 is 1.27 bits per heavy atom. The van der Waals surface area contributed by atoms with E-state index in [2.05, 4.69) is 26.6 Å². The minimum absolute atomic E-state index is 0.0258. The van der Waals surface area contributed by atoms with Crippen LogP contribution in [-0.2, 0) is 33.6 Å². The molecule has 3 saturated heterocycles. The molecule has 0 aromatic heterocycles. The Labute approximate surface area is 265 Å². The van der Waals surface area contributed by atoms with Gasteiger partial charge in [-0.1, -0.05) is 48.0 Å². The molecule has 6 atom stereocenters. The number of carbonyl (C=O) groups is 7. The summed E-state index contributed by atoms with van der Waals surface area (Å²) < 4.78 is 0. The molecule has 6 unspecified atom stereocenters. The first-order valence-corrected chi connectivity index (χ1v) is 16.3. The summed E-state index contributed by atoms with van der Waals surface area (Å²) in [7, 11) is 0. The van der Waals surface area contributed by atoms with E-state index in [1.165, 1.54) is 9.80 Å². The Bertz CT molecular complexity index is 1140. The predicted molar refractivity (Wildman–Crippen MR) is 165 cm³/mol. The zero-order chi connectivity index (χ0) is 33.4. The molecule has 252 valence electrons. The van der Waals surface area contributed by atoms with Gasteiger partial charge in [-0.2, -0.15) is 0 Å². The van der Waals surface area contributed by atoms with Gasteiger partial charge in [0.05, 0.1) is 13.1 Å². The van der Waals surface area contributed by atoms with Gasteiger partial charge >= 0.3 is 0 Å². The van der Waals surface area contributed by atoms with Crippen LogP contribution in [-0.4, -0.2) is 108 Å². The van der Waals surface area contributed by atoms with Crippen molar-refractivity contribution < 1.29 is 33.6 Å². The molecule has 0 radical (unpaired) electrons. The van der Waals surface area contributed by atoms with Gasteiger partial charge in [-0.15, -0.1) is 0 Å². The molecule has 45 heavy (non-hydrogen) atoms. The maximum absolute atomic E-state index is 13.8. The largest absolute Gasteiger partial charge is 0.345 e. The zero-order valence-corrected chi connectivity index (χ0v) is 27.4. The van der Waals surface area contributed by atoms with Crippen LogP contribution in [0.3, 0.4) is 0 Å². The van der Waals surface area contributed by atoms with E-state index in [9.17, 15) is 33.6 Å². The van der Waals surface area contributed by atoms with Gasteiger partial charge in [0.2, 0.25) is 41.4 Å². The number of rotatable bonds is 5. The molecular weight excluding hydrogens is 582 g/mol. The van der Waals surface area contributed by atoms with Crippen LogP contribution in [0.1, 0.15) is 80.1 Å². The number of nitrogens with one attached hydrogen (secondary N) is 5. The second-order valence-electron chi connectivity index (χ2n) is 13.2. The minimum Gasteiger partial charge on any atom is -0.345 e. The van der Waals surface area contributed by atoms with Gasteiger partial charge in [0.25, 0.3) is 0 Å². The second-order valence-corrected chi connectivity index (χ2v) is 13.2. The third kappa shape index (κ3) is 9.16. The van der Waals surface area contributed by atoms with Crippen molar-refractivity contribution >= 4 is 41.4 Å². The molecule has 0 spiro atoms. The fourth-order valence-corrected chi connectivity index (χ4v) is 6.15. The molecule has 0 aromatic rings. The predicted octanol–water partition coefficient (Wildman–Crippen LogP) is -0.583. The number of hydrogen-bond acceptors (Lipinski definition) is 7. The van der Waals surface area contributed by atoms with Crippen molar-refractivity contribution in [3.05, 3.63) is 0 Å². The van der Waals surface area contributed by atoms with Gasteiger partial charge in [-0.05, 0) is 49.9 Å². The lowest BCUT2D eigenvalue weighted by Crippen LogP contribution is -2.60. The molecule has 14 nitrogen and oxygen atoms in total. The fraction of sp³-hybridized carbons (Fsp3) is 0.774. The highest BCUT2D eigenvalue weighted by Gasteiger charge is 2.41. The van der Waals surface area contributed by atoms with E-state index in [1.807, 2.05) is 27.7 Å². The van der Waals surface area contributed by atoms with Crippen LogP contribution in [0.5, 0.6) is 0 Å². The Morgan fingerprint density at radius 3 is 1.87 bits per heavy atom. The van der Waals surface area contributed by atoms with Crippen molar-refractivity contribution in [2.45, 2.75) is 110 Å². The number of carbonyl (C=O) groups excluding carboxylic acids is 7. The van der Waals surface area contributed by atoms with Crippen molar-refractivity contribution in [2.75, 3.05) is 26.2 Å².